The normalized spacial score (nSPS) is 11.2. The molecule has 1 aromatic heterocycles. The van der Waals surface area contributed by atoms with Gasteiger partial charge in [0.15, 0.2) is 0 Å². The van der Waals surface area contributed by atoms with Crippen molar-refractivity contribution in [2.75, 3.05) is 20.3 Å². The Morgan fingerprint density at radius 3 is 2.94 bits per heavy atom. The first-order valence-electron chi connectivity index (χ1n) is 6.50. The molecule has 0 fully saturated rings. The molecule has 0 saturated heterocycles. The van der Waals surface area contributed by atoms with Crippen molar-refractivity contribution in [3.63, 3.8) is 0 Å². The Labute approximate surface area is 108 Å². The number of nitrogens with zero attached hydrogens (tertiary/aromatic N) is 2. The monoisotopic (exact) mass is 247 g/mol. The summed E-state index contributed by atoms with van der Waals surface area (Å²) in [6.45, 7) is 5.58. The highest BCUT2D eigenvalue weighted by molar-refractivity contribution is 5.75. The van der Waals surface area contributed by atoms with Crippen molar-refractivity contribution in [1.82, 2.24) is 14.9 Å². The van der Waals surface area contributed by atoms with E-state index in [9.17, 15) is 0 Å². The predicted octanol–water partition coefficient (Wildman–Crippen LogP) is 2.18. The summed E-state index contributed by atoms with van der Waals surface area (Å²) in [5, 5.41) is 3.35. The zero-order valence-electron chi connectivity index (χ0n) is 11.1. The molecule has 0 spiro atoms. The van der Waals surface area contributed by atoms with Gasteiger partial charge in [-0.2, -0.15) is 0 Å². The second kappa shape index (κ2) is 6.52. The van der Waals surface area contributed by atoms with Gasteiger partial charge in [-0.15, -0.1) is 0 Å². The molecule has 0 bridgehead atoms. The lowest BCUT2D eigenvalue weighted by Gasteiger charge is -2.08. The average molecular weight is 247 g/mol. The van der Waals surface area contributed by atoms with Crippen LogP contribution < -0.4 is 5.32 Å². The van der Waals surface area contributed by atoms with E-state index in [1.807, 2.05) is 6.07 Å². The zero-order valence-corrected chi connectivity index (χ0v) is 11.1. The number of hydrogen-bond acceptors (Lipinski definition) is 3. The minimum atomic E-state index is 0.730. The second-order valence-electron chi connectivity index (χ2n) is 4.34. The fourth-order valence-electron chi connectivity index (χ4n) is 2.11. The van der Waals surface area contributed by atoms with E-state index in [2.05, 4.69) is 40.0 Å². The maximum Gasteiger partial charge on any atom is 0.123 e. The van der Waals surface area contributed by atoms with E-state index in [1.54, 1.807) is 7.11 Å². The van der Waals surface area contributed by atoms with Crippen LogP contribution in [0.5, 0.6) is 0 Å². The third-order valence-electron chi connectivity index (χ3n) is 2.95. The smallest absolute Gasteiger partial charge is 0.123 e. The highest BCUT2D eigenvalue weighted by Crippen LogP contribution is 2.16. The van der Waals surface area contributed by atoms with E-state index in [4.69, 9.17) is 4.74 Å². The molecule has 0 saturated carbocycles. The van der Waals surface area contributed by atoms with Gasteiger partial charge in [0, 0.05) is 20.2 Å². The number of para-hydroxylation sites is 2. The molecular formula is C14H21N3O. The number of benzene rings is 1. The molecule has 4 nitrogen and oxygen atoms in total. The van der Waals surface area contributed by atoms with Gasteiger partial charge in [0.2, 0.25) is 0 Å². The molecule has 0 aliphatic carbocycles. The Kier molecular flexibility index (Phi) is 4.73. The lowest BCUT2D eigenvalue weighted by molar-refractivity contribution is 0.199. The van der Waals surface area contributed by atoms with Crippen molar-refractivity contribution in [3.8, 4) is 0 Å². The quantitative estimate of drug-likeness (QED) is 0.762. The summed E-state index contributed by atoms with van der Waals surface area (Å²) in [7, 11) is 1.72. The van der Waals surface area contributed by atoms with E-state index in [1.165, 1.54) is 5.52 Å². The first-order valence-corrected chi connectivity index (χ1v) is 6.50. The third kappa shape index (κ3) is 2.89. The minimum Gasteiger partial charge on any atom is -0.383 e. The number of nitrogens with one attached hydrogen (secondary N) is 1. The number of ether oxygens (including phenoxy) is 1. The fraction of sp³-hybridized carbons (Fsp3) is 0.500. The van der Waals surface area contributed by atoms with Crippen LogP contribution in [-0.4, -0.2) is 29.8 Å². The highest BCUT2D eigenvalue weighted by Gasteiger charge is 2.08. The van der Waals surface area contributed by atoms with Crippen molar-refractivity contribution in [2.45, 2.75) is 26.4 Å². The summed E-state index contributed by atoms with van der Waals surface area (Å²) in [6, 6.07) is 8.31. The summed E-state index contributed by atoms with van der Waals surface area (Å²) in [4.78, 5) is 4.69. The Balaban J connectivity index is 2.17. The Morgan fingerprint density at radius 2 is 2.17 bits per heavy atom. The van der Waals surface area contributed by atoms with Crippen LogP contribution in [0.3, 0.4) is 0 Å². The lowest BCUT2D eigenvalue weighted by Crippen LogP contribution is -2.21. The SMILES string of the molecule is CCCn1c(CNCCOC)nc2ccccc21. The highest BCUT2D eigenvalue weighted by atomic mass is 16.5. The Morgan fingerprint density at radius 1 is 1.33 bits per heavy atom. The number of hydrogen-bond donors (Lipinski definition) is 1. The van der Waals surface area contributed by atoms with Crippen molar-refractivity contribution >= 4 is 11.0 Å². The van der Waals surface area contributed by atoms with Crippen LogP contribution >= 0.6 is 0 Å². The van der Waals surface area contributed by atoms with Gasteiger partial charge in [0.05, 0.1) is 24.2 Å². The van der Waals surface area contributed by atoms with Crippen LogP contribution in [0.15, 0.2) is 24.3 Å². The molecule has 0 aliphatic rings. The van der Waals surface area contributed by atoms with Gasteiger partial charge in [-0.25, -0.2) is 4.98 Å². The van der Waals surface area contributed by atoms with Crippen molar-refractivity contribution in [2.24, 2.45) is 0 Å². The molecule has 2 rings (SSSR count). The van der Waals surface area contributed by atoms with Crippen LogP contribution in [0.1, 0.15) is 19.2 Å². The summed E-state index contributed by atoms with van der Waals surface area (Å²) in [5.74, 6) is 1.11. The number of aryl methyl sites for hydroxylation is 1. The van der Waals surface area contributed by atoms with Crippen LogP contribution in [0.4, 0.5) is 0 Å². The molecule has 1 aromatic carbocycles. The lowest BCUT2D eigenvalue weighted by atomic mass is 10.3. The first-order chi connectivity index (χ1) is 8.86. The molecule has 0 atom stereocenters. The van der Waals surface area contributed by atoms with Crippen molar-refractivity contribution < 1.29 is 4.74 Å². The number of methoxy groups -OCH3 is 1. The molecule has 1 N–H and O–H groups in total. The number of imidazole rings is 1. The number of aromatic nitrogens is 2. The fourth-order valence-corrected chi connectivity index (χ4v) is 2.11. The molecular weight excluding hydrogens is 226 g/mol. The molecule has 1 heterocycles. The minimum absolute atomic E-state index is 0.730. The first kappa shape index (κ1) is 13.1. The summed E-state index contributed by atoms with van der Waals surface area (Å²) < 4.78 is 7.33. The van der Waals surface area contributed by atoms with Gasteiger partial charge in [-0.3, -0.25) is 0 Å². The summed E-state index contributed by atoms with van der Waals surface area (Å²) >= 11 is 0. The van der Waals surface area contributed by atoms with Gasteiger partial charge in [-0.05, 0) is 18.6 Å². The van der Waals surface area contributed by atoms with E-state index < -0.39 is 0 Å². The maximum absolute atomic E-state index is 5.03. The van der Waals surface area contributed by atoms with Crippen LogP contribution in [-0.2, 0) is 17.8 Å². The molecule has 0 unspecified atom stereocenters. The predicted molar refractivity (Wildman–Crippen MR) is 73.6 cm³/mol. The molecule has 98 valence electrons. The van der Waals surface area contributed by atoms with E-state index in [0.717, 1.165) is 44.0 Å². The van der Waals surface area contributed by atoms with E-state index in [-0.39, 0.29) is 0 Å². The van der Waals surface area contributed by atoms with Gasteiger partial charge in [-0.1, -0.05) is 19.1 Å². The van der Waals surface area contributed by atoms with E-state index >= 15 is 0 Å². The van der Waals surface area contributed by atoms with E-state index in [0.29, 0.717) is 0 Å². The molecule has 2 aromatic rings. The van der Waals surface area contributed by atoms with Crippen LogP contribution in [0.2, 0.25) is 0 Å². The van der Waals surface area contributed by atoms with Crippen LogP contribution in [0, 0.1) is 0 Å². The third-order valence-corrected chi connectivity index (χ3v) is 2.95. The summed E-state index contributed by atoms with van der Waals surface area (Å²) in [5.41, 5.74) is 2.30. The summed E-state index contributed by atoms with van der Waals surface area (Å²) in [6.07, 6.45) is 1.12. The number of fused-ring (bicyclic) bond motifs is 1. The molecule has 4 heteroatoms. The largest absolute Gasteiger partial charge is 0.383 e. The van der Waals surface area contributed by atoms with Gasteiger partial charge < -0.3 is 14.6 Å². The Bertz CT molecular complexity index is 493. The van der Waals surface area contributed by atoms with Crippen molar-refractivity contribution in [3.05, 3.63) is 30.1 Å². The van der Waals surface area contributed by atoms with Gasteiger partial charge in [0.1, 0.15) is 5.82 Å². The molecule has 18 heavy (non-hydrogen) atoms. The Hall–Kier alpha value is -1.39. The average Bonchev–Trinajstić information content (AvgIpc) is 2.74. The topological polar surface area (TPSA) is 39.1 Å². The van der Waals surface area contributed by atoms with Crippen molar-refractivity contribution in [1.29, 1.82) is 0 Å². The maximum atomic E-state index is 5.03. The standard InChI is InChI=1S/C14H21N3O/c1-3-9-17-13-7-5-4-6-12(13)16-14(17)11-15-8-10-18-2/h4-7,15H,3,8-11H2,1-2H3. The number of rotatable bonds is 7. The molecule has 0 aliphatic heterocycles. The van der Waals surface area contributed by atoms with Gasteiger partial charge >= 0.3 is 0 Å². The van der Waals surface area contributed by atoms with Crippen LogP contribution in [0.25, 0.3) is 11.0 Å². The second-order valence-corrected chi connectivity index (χ2v) is 4.34. The molecule has 0 radical (unpaired) electrons. The zero-order chi connectivity index (χ0) is 12.8. The molecule has 0 amide bonds. The van der Waals surface area contributed by atoms with Gasteiger partial charge in [0.25, 0.3) is 0 Å².